The van der Waals surface area contributed by atoms with E-state index < -0.39 is 59.8 Å². The molecule has 0 fully saturated rings. The van der Waals surface area contributed by atoms with Gasteiger partial charge in [0.25, 0.3) is 0 Å². The molecule has 0 aliphatic heterocycles. The predicted octanol–water partition coefficient (Wildman–Crippen LogP) is 4.48. The number of rotatable bonds is 18. The Morgan fingerprint density at radius 3 is 2.20 bits per heavy atom. The van der Waals surface area contributed by atoms with E-state index in [0.29, 0.717) is 17.9 Å². The van der Waals surface area contributed by atoms with Gasteiger partial charge in [-0.25, -0.2) is 23.7 Å². The molecule has 1 aliphatic carbocycles. The van der Waals surface area contributed by atoms with Crippen molar-refractivity contribution in [3.05, 3.63) is 100.0 Å². The summed E-state index contributed by atoms with van der Waals surface area (Å²) >= 11 is 0. The molecule has 0 spiro atoms. The van der Waals surface area contributed by atoms with Crippen molar-refractivity contribution in [2.24, 2.45) is 11.7 Å². The third-order valence-electron chi connectivity index (χ3n) is 10.8. The Morgan fingerprint density at radius 2 is 1.58 bits per heavy atom. The van der Waals surface area contributed by atoms with E-state index in [9.17, 15) is 28.8 Å². The van der Waals surface area contributed by atoms with Gasteiger partial charge in [-0.3, -0.25) is 19.1 Å². The van der Waals surface area contributed by atoms with Crippen molar-refractivity contribution >= 4 is 52.6 Å². The zero-order valence-corrected chi connectivity index (χ0v) is 36.6. The van der Waals surface area contributed by atoms with Gasteiger partial charge in [0, 0.05) is 37.0 Å². The van der Waals surface area contributed by atoms with E-state index in [-0.39, 0.29) is 55.5 Å². The summed E-state index contributed by atoms with van der Waals surface area (Å²) in [5.74, 6) is 0.706. The van der Waals surface area contributed by atoms with E-state index in [0.717, 1.165) is 44.2 Å². The van der Waals surface area contributed by atoms with Crippen molar-refractivity contribution in [1.29, 1.82) is 0 Å². The highest BCUT2D eigenvalue weighted by molar-refractivity contribution is 5.98. The Morgan fingerprint density at radius 1 is 0.923 bits per heavy atom. The third kappa shape index (κ3) is 10.7. The van der Waals surface area contributed by atoms with Crippen molar-refractivity contribution < 1.29 is 33.4 Å². The third-order valence-corrected chi connectivity index (χ3v) is 10.8. The lowest BCUT2D eigenvalue weighted by molar-refractivity contribution is -0.131. The molecule has 19 heteroatoms. The number of hydrogen-bond donors (Lipinski definition) is 6. The number of urea groups is 1. The van der Waals surface area contributed by atoms with Gasteiger partial charge in [-0.1, -0.05) is 93.8 Å². The molecule has 8 N–H and O–H groups in total. The normalized spacial score (nSPS) is 12.6. The summed E-state index contributed by atoms with van der Waals surface area (Å²) in [6.07, 6.45) is 6.12. The lowest BCUT2D eigenvalue weighted by Gasteiger charge is -2.32. The SMILES string of the molecule is C#CCn1c(=O)n(C(=O)NCc2ccc(NC(=O)C(CCCNC(N)=O)NC(=O)C(C(C)C)N(C)C(=O)OC3c4ccccc4-c4ccccc43)cc2)c2c(N)nc(OCCCC)nc21. The number of aromatic nitrogens is 4. The second-order valence-electron chi connectivity index (χ2n) is 15.8. The van der Waals surface area contributed by atoms with E-state index in [2.05, 4.69) is 37.2 Å². The van der Waals surface area contributed by atoms with Gasteiger partial charge in [0.15, 0.2) is 17.6 Å². The van der Waals surface area contributed by atoms with Gasteiger partial charge >= 0.3 is 29.9 Å². The van der Waals surface area contributed by atoms with Gasteiger partial charge in [0.2, 0.25) is 11.8 Å². The smallest absolute Gasteiger partial charge is 0.411 e. The van der Waals surface area contributed by atoms with E-state index in [1.165, 1.54) is 11.9 Å². The van der Waals surface area contributed by atoms with E-state index in [1.807, 2.05) is 55.5 Å². The van der Waals surface area contributed by atoms with Crippen molar-refractivity contribution in [1.82, 2.24) is 40.0 Å². The Balaban J connectivity index is 1.12. The molecule has 0 radical (unpaired) electrons. The van der Waals surface area contributed by atoms with Gasteiger partial charge in [0.1, 0.15) is 17.6 Å². The molecule has 340 valence electrons. The van der Waals surface area contributed by atoms with Crippen LogP contribution in [0.5, 0.6) is 6.01 Å². The molecule has 0 saturated heterocycles. The summed E-state index contributed by atoms with van der Waals surface area (Å²) in [5, 5.41) is 10.8. The van der Waals surface area contributed by atoms with Gasteiger partial charge in [-0.2, -0.15) is 9.97 Å². The molecule has 2 aromatic heterocycles. The molecule has 6 amide bonds. The fraction of sp³-hybridized carbons (Fsp3) is 0.348. The standard InChI is InChI=1S/C46H53N11O8/c1-6-8-25-64-43-53-38(47)36-39(54-43)56(24-7-2)45(62)57(36)44(61)50-26-28-19-21-29(22-20-28)51-40(58)34(18-13-23-49-42(48)60)52-41(59)35(27(3)4)55(5)46(63)65-37-32-16-11-9-14-30(32)31-15-10-12-17-33(31)37/h2,9-12,14-17,19-22,27,34-35,37H,6,8,13,18,23-26H2,1,3-5H3,(H,50,61)(H,51,58)(H,52,59)(H2,47,53,54)(H3,48,49,60). The number of carbonyl (C=O) groups excluding carboxylic acids is 5. The number of benzene rings is 3. The van der Waals surface area contributed by atoms with Crippen molar-refractivity contribution in [3.8, 4) is 29.5 Å². The van der Waals surface area contributed by atoms with Crippen LogP contribution < -0.4 is 43.2 Å². The molecule has 2 atom stereocenters. The first-order chi connectivity index (χ1) is 31.2. The number of anilines is 2. The van der Waals surface area contributed by atoms with Gasteiger partial charge in [-0.05, 0) is 54.0 Å². The molecule has 5 aromatic rings. The van der Waals surface area contributed by atoms with E-state index in [4.69, 9.17) is 27.4 Å². The number of nitrogens with one attached hydrogen (secondary N) is 4. The number of nitrogens with zero attached hydrogens (tertiary/aromatic N) is 5. The molecule has 3 aromatic carbocycles. The van der Waals surface area contributed by atoms with Crippen LogP contribution in [0.4, 0.5) is 25.9 Å². The van der Waals surface area contributed by atoms with Gasteiger partial charge < -0.3 is 42.2 Å². The summed E-state index contributed by atoms with van der Waals surface area (Å²) in [6, 6.07) is 18.1. The minimum atomic E-state index is -1.10. The molecule has 1 aliphatic rings. The molecule has 0 saturated carbocycles. The van der Waals surface area contributed by atoms with Gasteiger partial charge in [0.05, 0.1) is 13.2 Å². The number of carbonyl (C=O) groups is 5. The molecular formula is C46H53N11O8. The van der Waals surface area contributed by atoms with E-state index >= 15 is 0 Å². The summed E-state index contributed by atoms with van der Waals surface area (Å²) in [4.78, 5) is 89.5. The maximum atomic E-state index is 14.0. The number of likely N-dealkylation sites (N-methyl/N-ethyl adjacent to an activating group) is 1. The highest BCUT2D eigenvalue weighted by Gasteiger charge is 2.37. The lowest BCUT2D eigenvalue weighted by Crippen LogP contribution is -2.55. The number of primary amides is 1. The fourth-order valence-electron chi connectivity index (χ4n) is 7.64. The summed E-state index contributed by atoms with van der Waals surface area (Å²) in [6.45, 7) is 5.83. The predicted molar refractivity (Wildman–Crippen MR) is 243 cm³/mol. The molecule has 2 heterocycles. The Hall–Kier alpha value is -7.88. The molecule has 2 unspecified atom stereocenters. The zero-order valence-electron chi connectivity index (χ0n) is 36.6. The number of nitrogens with two attached hydrogens (primary N) is 2. The average molecular weight is 888 g/mol. The Kier molecular flexibility index (Phi) is 15.1. The van der Waals surface area contributed by atoms with Crippen molar-refractivity contribution in [3.63, 3.8) is 0 Å². The number of ether oxygens (including phenoxy) is 2. The van der Waals surface area contributed by atoms with Crippen LogP contribution in [0, 0.1) is 18.3 Å². The number of terminal acetylenes is 1. The topological polar surface area (TPSA) is 260 Å². The molecule has 65 heavy (non-hydrogen) atoms. The second-order valence-corrected chi connectivity index (χ2v) is 15.8. The molecule has 0 bridgehead atoms. The highest BCUT2D eigenvalue weighted by Crippen LogP contribution is 2.45. The fourth-order valence-corrected chi connectivity index (χ4v) is 7.64. The van der Waals surface area contributed by atoms with Gasteiger partial charge in [-0.15, -0.1) is 6.42 Å². The molecule has 6 rings (SSSR count). The minimum Gasteiger partial charge on any atom is -0.463 e. The van der Waals surface area contributed by atoms with E-state index in [1.54, 1.807) is 38.1 Å². The first-order valence-electron chi connectivity index (χ1n) is 21.2. The Bertz CT molecular complexity index is 2620. The average Bonchev–Trinajstić information content (AvgIpc) is 3.75. The van der Waals surface area contributed by atoms with Crippen LogP contribution in [0.25, 0.3) is 22.3 Å². The number of unbranched alkanes of at least 4 members (excludes halogenated alkanes) is 1. The zero-order chi connectivity index (χ0) is 46.8. The summed E-state index contributed by atoms with van der Waals surface area (Å²) in [7, 11) is 1.48. The first-order valence-corrected chi connectivity index (χ1v) is 21.2. The highest BCUT2D eigenvalue weighted by atomic mass is 16.6. The monoisotopic (exact) mass is 887 g/mol. The van der Waals surface area contributed by atoms with Crippen molar-refractivity contribution in [2.45, 2.75) is 77.7 Å². The molecule has 19 nitrogen and oxygen atoms in total. The first kappa shape index (κ1) is 46.6. The van der Waals surface area contributed by atoms with Crippen LogP contribution in [0.2, 0.25) is 0 Å². The largest absolute Gasteiger partial charge is 0.463 e. The van der Waals surface area contributed by atoms with Crippen LogP contribution in [0.1, 0.15) is 69.2 Å². The number of amides is 6. The van der Waals surface area contributed by atoms with Crippen LogP contribution in [0.3, 0.4) is 0 Å². The van der Waals surface area contributed by atoms with Crippen LogP contribution >= 0.6 is 0 Å². The van der Waals surface area contributed by atoms with Crippen LogP contribution in [0.15, 0.2) is 77.6 Å². The maximum Gasteiger partial charge on any atom is 0.411 e. The second kappa shape index (κ2) is 21.0. The minimum absolute atomic E-state index is 0.0246. The Labute approximate surface area is 375 Å². The number of nitrogen functional groups attached to an aromatic ring is 1. The maximum absolute atomic E-state index is 14.0. The molecular weight excluding hydrogens is 835 g/mol. The van der Waals surface area contributed by atoms with Crippen LogP contribution in [-0.4, -0.2) is 86.3 Å². The van der Waals surface area contributed by atoms with Crippen molar-refractivity contribution in [2.75, 3.05) is 31.2 Å². The quantitative estimate of drug-likeness (QED) is 0.0528. The summed E-state index contributed by atoms with van der Waals surface area (Å²) < 4.78 is 13.6. The number of hydrogen-bond acceptors (Lipinski definition) is 11. The number of fused-ring (bicyclic) bond motifs is 4. The number of imidazole rings is 1. The summed E-state index contributed by atoms with van der Waals surface area (Å²) in [5.41, 5.74) is 15.3. The van der Waals surface area contributed by atoms with Crippen LogP contribution in [-0.2, 0) is 27.4 Å². The lowest BCUT2D eigenvalue weighted by atomic mass is 10.0.